The van der Waals surface area contributed by atoms with Crippen LogP contribution in [0.2, 0.25) is 0 Å². The van der Waals surface area contributed by atoms with Crippen LogP contribution in [0.3, 0.4) is 0 Å². The Kier molecular flexibility index (Phi) is 6.84. The van der Waals surface area contributed by atoms with Crippen molar-refractivity contribution < 1.29 is 0 Å². The highest BCUT2D eigenvalue weighted by molar-refractivity contribution is 6.04. The van der Waals surface area contributed by atoms with E-state index in [2.05, 4.69) is 76.2 Å². The summed E-state index contributed by atoms with van der Waals surface area (Å²) >= 11 is 0. The van der Waals surface area contributed by atoms with Gasteiger partial charge in [0.1, 0.15) is 0 Å². The number of nitrogens with one attached hydrogen (secondary N) is 1. The molecule has 140 valence electrons. The van der Waals surface area contributed by atoms with Crippen LogP contribution in [0.4, 0.5) is 11.4 Å². The molecule has 0 spiro atoms. The van der Waals surface area contributed by atoms with Crippen LogP contribution in [-0.2, 0) is 0 Å². The Balaban J connectivity index is 2.22. The van der Waals surface area contributed by atoms with E-state index in [0.29, 0.717) is 17.8 Å². The summed E-state index contributed by atoms with van der Waals surface area (Å²) in [5, 5.41) is 8.67. The van der Waals surface area contributed by atoms with Gasteiger partial charge in [0, 0.05) is 25.5 Å². The summed E-state index contributed by atoms with van der Waals surface area (Å²) in [6.45, 7) is 8.91. The standard InChI is InChI=1S/C23H33N3/c1-7-17(3)19-11-9-13-21(15-19)25(5)23(24)26(6)22-14-10-12-20(16-22)18(4)8-2/h9-18,24H,7-8H2,1-6H3. The minimum atomic E-state index is 0.465. The van der Waals surface area contributed by atoms with Gasteiger partial charge in [0.15, 0.2) is 0 Å². The first kappa shape index (κ1) is 20.0. The Bertz CT molecular complexity index is 676. The highest BCUT2D eigenvalue weighted by atomic mass is 15.3. The molecule has 0 heterocycles. The zero-order valence-electron chi connectivity index (χ0n) is 17.1. The van der Waals surface area contributed by atoms with Gasteiger partial charge in [-0.2, -0.15) is 0 Å². The lowest BCUT2D eigenvalue weighted by atomic mass is 9.98. The highest BCUT2D eigenvalue weighted by Crippen LogP contribution is 2.26. The fourth-order valence-electron chi connectivity index (χ4n) is 3.02. The Morgan fingerprint density at radius 2 is 1.19 bits per heavy atom. The molecule has 2 aromatic carbocycles. The summed E-state index contributed by atoms with van der Waals surface area (Å²) in [6.07, 6.45) is 2.24. The molecular weight excluding hydrogens is 318 g/mol. The smallest absolute Gasteiger partial charge is 0.202 e. The minimum absolute atomic E-state index is 0.465. The van der Waals surface area contributed by atoms with Crippen molar-refractivity contribution in [2.75, 3.05) is 23.9 Å². The van der Waals surface area contributed by atoms with Crippen molar-refractivity contribution in [3.05, 3.63) is 59.7 Å². The second-order valence-corrected chi connectivity index (χ2v) is 7.25. The second kappa shape index (κ2) is 8.88. The van der Waals surface area contributed by atoms with Gasteiger partial charge in [-0.15, -0.1) is 0 Å². The first-order valence-electron chi connectivity index (χ1n) is 9.64. The minimum Gasteiger partial charge on any atom is -0.316 e. The van der Waals surface area contributed by atoms with Crippen molar-refractivity contribution in [2.45, 2.75) is 52.4 Å². The Morgan fingerprint density at radius 3 is 1.54 bits per heavy atom. The van der Waals surface area contributed by atoms with E-state index in [9.17, 15) is 0 Å². The van der Waals surface area contributed by atoms with Crippen LogP contribution in [0, 0.1) is 5.41 Å². The molecule has 3 nitrogen and oxygen atoms in total. The third-order valence-corrected chi connectivity index (χ3v) is 5.51. The van der Waals surface area contributed by atoms with Gasteiger partial charge >= 0.3 is 0 Å². The quantitative estimate of drug-likeness (QED) is 0.494. The molecule has 1 N–H and O–H groups in total. The number of nitrogens with zero attached hydrogens (tertiary/aromatic N) is 2. The molecule has 2 rings (SSSR count). The Hall–Kier alpha value is -2.29. The van der Waals surface area contributed by atoms with Gasteiger partial charge in [-0.3, -0.25) is 5.41 Å². The second-order valence-electron chi connectivity index (χ2n) is 7.25. The van der Waals surface area contributed by atoms with Crippen LogP contribution in [0.25, 0.3) is 0 Å². The SMILES string of the molecule is CCC(C)c1cccc(N(C)C(=N)N(C)c2cccc(C(C)CC)c2)c1. The maximum Gasteiger partial charge on any atom is 0.202 e. The molecule has 0 aliphatic heterocycles. The summed E-state index contributed by atoms with van der Waals surface area (Å²) in [7, 11) is 3.93. The summed E-state index contributed by atoms with van der Waals surface area (Å²) in [5.74, 6) is 1.53. The van der Waals surface area contributed by atoms with Crippen LogP contribution in [-0.4, -0.2) is 20.1 Å². The van der Waals surface area contributed by atoms with Crippen LogP contribution in [0.5, 0.6) is 0 Å². The first-order chi connectivity index (χ1) is 12.4. The predicted octanol–water partition coefficient (Wildman–Crippen LogP) is 6.22. The maximum atomic E-state index is 8.67. The molecule has 0 saturated carbocycles. The van der Waals surface area contributed by atoms with Gasteiger partial charge in [-0.25, -0.2) is 0 Å². The summed E-state index contributed by atoms with van der Waals surface area (Å²) in [6, 6.07) is 17.1. The predicted molar refractivity (Wildman–Crippen MR) is 115 cm³/mol. The normalized spacial score (nSPS) is 13.2. The third kappa shape index (κ3) is 4.46. The van der Waals surface area contributed by atoms with E-state index < -0.39 is 0 Å². The van der Waals surface area contributed by atoms with Crippen molar-refractivity contribution in [3.8, 4) is 0 Å². The van der Waals surface area contributed by atoms with E-state index in [1.165, 1.54) is 11.1 Å². The molecule has 26 heavy (non-hydrogen) atoms. The van der Waals surface area contributed by atoms with E-state index in [1.54, 1.807) is 0 Å². The molecule has 0 aliphatic carbocycles. The number of rotatable bonds is 6. The summed E-state index contributed by atoms with van der Waals surface area (Å²) in [4.78, 5) is 3.89. The van der Waals surface area contributed by atoms with Crippen molar-refractivity contribution in [3.63, 3.8) is 0 Å². The Morgan fingerprint density at radius 1 is 0.808 bits per heavy atom. The maximum absolute atomic E-state index is 8.67. The van der Waals surface area contributed by atoms with Crippen LogP contribution >= 0.6 is 0 Å². The van der Waals surface area contributed by atoms with Crippen molar-refractivity contribution in [1.29, 1.82) is 5.41 Å². The third-order valence-electron chi connectivity index (χ3n) is 5.51. The van der Waals surface area contributed by atoms with Crippen LogP contribution in [0.1, 0.15) is 63.5 Å². The first-order valence-corrected chi connectivity index (χ1v) is 9.64. The van der Waals surface area contributed by atoms with Gasteiger partial charge < -0.3 is 9.80 Å². The zero-order chi connectivity index (χ0) is 19.3. The molecule has 0 aromatic heterocycles. The molecule has 3 heteroatoms. The molecule has 0 radical (unpaired) electrons. The lowest BCUT2D eigenvalue weighted by Crippen LogP contribution is -2.39. The summed E-state index contributed by atoms with van der Waals surface area (Å²) in [5.41, 5.74) is 4.76. The lowest BCUT2D eigenvalue weighted by Gasteiger charge is -2.29. The topological polar surface area (TPSA) is 30.3 Å². The number of guanidine groups is 1. The highest BCUT2D eigenvalue weighted by Gasteiger charge is 2.15. The van der Waals surface area contributed by atoms with E-state index in [1.807, 2.05) is 23.9 Å². The van der Waals surface area contributed by atoms with Gasteiger partial charge in [0.25, 0.3) is 0 Å². The molecular formula is C23H33N3. The molecule has 0 amide bonds. The van der Waals surface area contributed by atoms with Gasteiger partial charge in [0.05, 0.1) is 0 Å². The van der Waals surface area contributed by atoms with Crippen molar-refractivity contribution in [2.24, 2.45) is 0 Å². The fourth-order valence-corrected chi connectivity index (χ4v) is 3.02. The molecule has 0 fully saturated rings. The van der Waals surface area contributed by atoms with Crippen molar-refractivity contribution >= 4 is 17.3 Å². The molecule has 0 bridgehead atoms. The van der Waals surface area contributed by atoms with Crippen LogP contribution in [0.15, 0.2) is 48.5 Å². The van der Waals surface area contributed by atoms with Crippen molar-refractivity contribution in [1.82, 2.24) is 0 Å². The molecule has 2 atom stereocenters. The lowest BCUT2D eigenvalue weighted by molar-refractivity contribution is 0.733. The molecule has 0 saturated heterocycles. The summed E-state index contributed by atoms with van der Waals surface area (Å²) < 4.78 is 0. The number of benzene rings is 2. The van der Waals surface area contributed by atoms with Crippen LogP contribution < -0.4 is 9.80 Å². The van der Waals surface area contributed by atoms with Gasteiger partial charge in [-0.05, 0) is 60.1 Å². The number of hydrogen-bond acceptors (Lipinski definition) is 1. The van der Waals surface area contributed by atoms with E-state index >= 15 is 0 Å². The molecule has 0 aliphatic rings. The van der Waals surface area contributed by atoms with E-state index in [0.717, 1.165) is 24.2 Å². The largest absolute Gasteiger partial charge is 0.316 e. The molecule has 2 unspecified atom stereocenters. The average molecular weight is 352 g/mol. The average Bonchev–Trinajstić information content (AvgIpc) is 2.70. The number of anilines is 2. The Labute approximate surface area is 159 Å². The van der Waals surface area contributed by atoms with E-state index in [4.69, 9.17) is 5.41 Å². The monoisotopic (exact) mass is 351 g/mol. The van der Waals surface area contributed by atoms with Gasteiger partial charge in [0.2, 0.25) is 5.96 Å². The number of hydrogen-bond donors (Lipinski definition) is 1. The van der Waals surface area contributed by atoms with E-state index in [-0.39, 0.29) is 0 Å². The molecule has 2 aromatic rings. The fraction of sp³-hybridized carbons (Fsp3) is 0.435. The zero-order valence-corrected chi connectivity index (χ0v) is 17.1. The van der Waals surface area contributed by atoms with Gasteiger partial charge in [-0.1, -0.05) is 52.0 Å².